The number of hydrogen-bond acceptors (Lipinski definition) is 6. The van der Waals surface area contributed by atoms with E-state index in [4.69, 9.17) is 4.74 Å². The first-order valence-electron chi connectivity index (χ1n) is 10.9. The molecule has 1 aliphatic rings. The predicted molar refractivity (Wildman–Crippen MR) is 130 cm³/mol. The highest BCUT2D eigenvalue weighted by molar-refractivity contribution is 7.92. The average molecular weight is 511 g/mol. The summed E-state index contributed by atoms with van der Waals surface area (Å²) in [7, 11) is -4.33. The maximum atomic E-state index is 12.7. The molecule has 2 N–H and O–H groups in total. The number of ether oxygens (including phenoxy) is 1. The summed E-state index contributed by atoms with van der Waals surface area (Å²) in [5.41, 5.74) is 0.872. The number of rotatable bonds is 9. The molecule has 2 aromatic rings. The molecule has 12 heteroatoms. The van der Waals surface area contributed by atoms with Gasteiger partial charge in [0.2, 0.25) is 5.91 Å². The highest BCUT2D eigenvalue weighted by Gasteiger charge is 2.32. The highest BCUT2D eigenvalue weighted by Crippen LogP contribution is 2.24. The lowest BCUT2D eigenvalue weighted by molar-refractivity contribution is -0.120. The third-order valence-corrected chi connectivity index (χ3v) is 8.80. The number of hydrogen-bond donors (Lipinski definition) is 2. The minimum Gasteiger partial charge on any atom is -0.494 e. The van der Waals surface area contributed by atoms with Crippen LogP contribution in [0.25, 0.3) is 0 Å². The van der Waals surface area contributed by atoms with Gasteiger partial charge in [-0.2, -0.15) is 17.0 Å². The Balaban J connectivity index is 1.57. The number of carbonyl (C=O) groups is 1. The Morgan fingerprint density at radius 3 is 2.06 bits per heavy atom. The zero-order valence-corrected chi connectivity index (χ0v) is 21.0. The van der Waals surface area contributed by atoms with Crippen LogP contribution < -0.4 is 14.8 Å². The summed E-state index contributed by atoms with van der Waals surface area (Å²) in [6.45, 7) is 2.93. The molecular weight excluding hydrogens is 480 g/mol. The van der Waals surface area contributed by atoms with E-state index < -0.39 is 20.2 Å². The van der Waals surface area contributed by atoms with Gasteiger partial charge in [0.1, 0.15) is 5.75 Å². The third kappa shape index (κ3) is 6.26. The fraction of sp³-hybridized carbons (Fsp3) is 0.409. The van der Waals surface area contributed by atoms with E-state index in [2.05, 4.69) is 10.0 Å². The second-order valence-corrected chi connectivity index (χ2v) is 11.9. The summed E-state index contributed by atoms with van der Waals surface area (Å²) in [4.78, 5) is 12.7. The minimum atomic E-state index is -3.80. The van der Waals surface area contributed by atoms with E-state index in [-0.39, 0.29) is 29.8 Å². The molecule has 0 spiro atoms. The maximum Gasteiger partial charge on any atom is 0.281 e. The molecule has 0 unspecified atom stereocenters. The van der Waals surface area contributed by atoms with Crippen LogP contribution in [0.1, 0.15) is 19.8 Å². The highest BCUT2D eigenvalue weighted by atomic mass is 32.2. The first-order chi connectivity index (χ1) is 16.0. The Bertz CT molecular complexity index is 1190. The van der Waals surface area contributed by atoms with Crippen molar-refractivity contribution >= 4 is 37.5 Å². The van der Waals surface area contributed by atoms with Crippen molar-refractivity contribution in [2.75, 3.05) is 43.8 Å². The van der Waals surface area contributed by atoms with Gasteiger partial charge in [0.25, 0.3) is 20.2 Å². The number of anilines is 2. The van der Waals surface area contributed by atoms with Gasteiger partial charge in [-0.05, 0) is 68.3 Å². The van der Waals surface area contributed by atoms with Crippen LogP contribution in [-0.2, 0) is 25.0 Å². The smallest absolute Gasteiger partial charge is 0.281 e. The molecule has 1 saturated heterocycles. The summed E-state index contributed by atoms with van der Waals surface area (Å²) in [6.07, 6.45) is 0.828. The van der Waals surface area contributed by atoms with E-state index in [0.29, 0.717) is 36.6 Å². The van der Waals surface area contributed by atoms with Crippen molar-refractivity contribution in [3.8, 4) is 5.75 Å². The molecule has 0 bridgehead atoms. The molecule has 2 aromatic carbocycles. The van der Waals surface area contributed by atoms with Gasteiger partial charge in [-0.25, -0.2) is 8.42 Å². The summed E-state index contributed by atoms with van der Waals surface area (Å²) >= 11 is 0. The van der Waals surface area contributed by atoms with Gasteiger partial charge < -0.3 is 10.1 Å². The van der Waals surface area contributed by atoms with Crippen LogP contribution in [0.15, 0.2) is 53.4 Å². The summed E-state index contributed by atoms with van der Waals surface area (Å²) in [6, 6.07) is 12.5. The number of piperidine rings is 1. The summed E-state index contributed by atoms with van der Waals surface area (Å²) in [5, 5.41) is 2.79. The molecule has 0 aliphatic carbocycles. The normalized spacial score (nSPS) is 15.8. The Kier molecular flexibility index (Phi) is 8.18. The van der Waals surface area contributed by atoms with Gasteiger partial charge in [-0.15, -0.1) is 0 Å². The Hall–Kier alpha value is -2.67. The largest absolute Gasteiger partial charge is 0.494 e. The fourth-order valence-corrected chi connectivity index (χ4v) is 5.73. The Labute approximate surface area is 201 Å². The molecule has 10 nitrogen and oxygen atoms in total. The quantitative estimate of drug-likeness (QED) is 0.534. The van der Waals surface area contributed by atoms with Gasteiger partial charge in [0.05, 0.1) is 11.5 Å². The average Bonchev–Trinajstić information content (AvgIpc) is 2.80. The van der Waals surface area contributed by atoms with Gasteiger partial charge >= 0.3 is 0 Å². The lowest BCUT2D eigenvalue weighted by atomic mass is 9.97. The molecule has 0 radical (unpaired) electrons. The van der Waals surface area contributed by atoms with Crippen molar-refractivity contribution < 1.29 is 26.4 Å². The van der Waals surface area contributed by atoms with E-state index >= 15 is 0 Å². The van der Waals surface area contributed by atoms with Crippen molar-refractivity contribution in [2.24, 2.45) is 5.92 Å². The van der Waals surface area contributed by atoms with Crippen molar-refractivity contribution in [1.29, 1.82) is 0 Å². The molecule has 186 valence electrons. The van der Waals surface area contributed by atoms with Gasteiger partial charge in [-0.1, -0.05) is 0 Å². The van der Waals surface area contributed by atoms with Crippen LogP contribution >= 0.6 is 0 Å². The van der Waals surface area contributed by atoms with Crippen molar-refractivity contribution in [1.82, 2.24) is 8.61 Å². The van der Waals surface area contributed by atoms with Crippen LogP contribution in [0, 0.1) is 5.92 Å². The molecule has 0 atom stereocenters. The lowest BCUT2D eigenvalue weighted by Gasteiger charge is -2.32. The van der Waals surface area contributed by atoms with Gasteiger partial charge in [0.15, 0.2) is 0 Å². The molecule has 1 amide bonds. The van der Waals surface area contributed by atoms with E-state index in [1.54, 1.807) is 24.3 Å². The minimum absolute atomic E-state index is 0.0570. The van der Waals surface area contributed by atoms with Crippen molar-refractivity contribution in [3.05, 3.63) is 48.5 Å². The molecule has 34 heavy (non-hydrogen) atoms. The standard InChI is InChI=1S/C22H30N4O6S2/c1-4-32-20-9-5-19(6-10-20)24-33(28,29)21-11-7-18(8-12-21)23-22(27)17-13-15-26(16-14-17)34(30,31)25(2)3/h5-12,17,24H,4,13-16H2,1-3H3,(H,23,27). The molecule has 0 aromatic heterocycles. The van der Waals surface area contributed by atoms with Crippen molar-refractivity contribution in [2.45, 2.75) is 24.7 Å². The Morgan fingerprint density at radius 2 is 1.53 bits per heavy atom. The number of carbonyl (C=O) groups excluding carboxylic acids is 1. The van der Waals surface area contributed by atoms with Crippen LogP contribution in [0.3, 0.4) is 0 Å². The molecule has 3 rings (SSSR count). The molecule has 1 heterocycles. The van der Waals surface area contributed by atoms with Crippen LogP contribution in [0.4, 0.5) is 11.4 Å². The zero-order valence-electron chi connectivity index (χ0n) is 19.4. The zero-order chi connectivity index (χ0) is 24.9. The first kappa shape index (κ1) is 25.9. The van der Waals surface area contributed by atoms with E-state index in [1.165, 1.54) is 42.7 Å². The maximum absolute atomic E-state index is 12.7. The molecule has 1 fully saturated rings. The molecule has 0 saturated carbocycles. The summed E-state index contributed by atoms with van der Waals surface area (Å²) < 4.78 is 60.2. The number of nitrogens with zero attached hydrogens (tertiary/aromatic N) is 2. The first-order valence-corrected chi connectivity index (χ1v) is 13.7. The van der Waals surface area contributed by atoms with Crippen LogP contribution in [0.5, 0.6) is 5.75 Å². The van der Waals surface area contributed by atoms with Crippen LogP contribution in [-0.4, -0.2) is 65.1 Å². The predicted octanol–water partition coefficient (Wildman–Crippen LogP) is 2.34. The van der Waals surface area contributed by atoms with E-state index in [9.17, 15) is 21.6 Å². The number of amides is 1. The monoisotopic (exact) mass is 510 g/mol. The number of sulfonamides is 1. The van der Waals surface area contributed by atoms with Crippen molar-refractivity contribution in [3.63, 3.8) is 0 Å². The SMILES string of the molecule is CCOc1ccc(NS(=O)(=O)c2ccc(NC(=O)C3CCN(S(=O)(=O)N(C)C)CC3)cc2)cc1. The van der Waals surface area contributed by atoms with E-state index in [1.807, 2.05) is 6.92 Å². The third-order valence-electron chi connectivity index (χ3n) is 5.46. The summed E-state index contributed by atoms with van der Waals surface area (Å²) in [5.74, 6) is 0.110. The second-order valence-electron chi connectivity index (χ2n) is 8.04. The fourth-order valence-electron chi connectivity index (χ4n) is 3.54. The number of benzene rings is 2. The Morgan fingerprint density at radius 1 is 0.971 bits per heavy atom. The van der Waals surface area contributed by atoms with Crippen LogP contribution in [0.2, 0.25) is 0 Å². The molecule has 1 aliphatic heterocycles. The molecular formula is C22H30N4O6S2. The topological polar surface area (TPSA) is 125 Å². The second kappa shape index (κ2) is 10.7. The number of nitrogens with one attached hydrogen (secondary N) is 2. The lowest BCUT2D eigenvalue weighted by Crippen LogP contribution is -2.46. The van der Waals surface area contributed by atoms with Gasteiger partial charge in [-0.3, -0.25) is 9.52 Å². The van der Waals surface area contributed by atoms with E-state index in [0.717, 1.165) is 4.31 Å². The van der Waals surface area contributed by atoms with Gasteiger partial charge in [0, 0.05) is 44.5 Å².